The molecule has 1 aliphatic carbocycles. The van der Waals surface area contributed by atoms with Crippen LogP contribution in [0.1, 0.15) is 31.2 Å². The lowest BCUT2D eigenvalue weighted by molar-refractivity contribution is -0.141. The van der Waals surface area contributed by atoms with Gasteiger partial charge in [0.15, 0.2) is 5.78 Å². The fourth-order valence-electron chi connectivity index (χ4n) is 2.56. The van der Waals surface area contributed by atoms with Crippen LogP contribution in [0, 0.1) is 11.3 Å². The zero-order chi connectivity index (χ0) is 15.9. The number of Topliss-reactive ketones (excluding diaryl/α,β-unsaturated/α-hetero) is 1. The number of nitrogens with zero attached hydrogens (tertiary/aromatic N) is 1. The second-order valence-corrected chi connectivity index (χ2v) is 5.06. The van der Waals surface area contributed by atoms with Crippen molar-refractivity contribution in [3.8, 4) is 6.07 Å². The largest absolute Gasteiger partial charge is 0.465 e. The van der Waals surface area contributed by atoms with E-state index in [9.17, 15) is 14.9 Å². The third-order valence-corrected chi connectivity index (χ3v) is 3.60. The Balaban J connectivity index is 2.15. The maximum absolute atomic E-state index is 12.2. The Labute approximate surface area is 129 Å². The summed E-state index contributed by atoms with van der Waals surface area (Å²) in [5, 5.41) is 12.1. The first kappa shape index (κ1) is 15.8. The van der Waals surface area contributed by atoms with Crippen molar-refractivity contribution in [2.45, 2.75) is 25.7 Å². The Bertz CT molecular complexity index is 629. The Hall–Kier alpha value is -2.61. The van der Waals surface area contributed by atoms with E-state index in [1.807, 2.05) is 36.4 Å². The van der Waals surface area contributed by atoms with Crippen LogP contribution in [-0.4, -0.2) is 24.9 Å². The zero-order valence-electron chi connectivity index (χ0n) is 12.5. The molecule has 1 aliphatic rings. The number of nitrogens with one attached hydrogen (secondary N) is 1. The molecule has 5 nitrogen and oxygen atoms in total. The van der Waals surface area contributed by atoms with Gasteiger partial charge in [-0.1, -0.05) is 30.3 Å². The average molecular weight is 298 g/mol. The van der Waals surface area contributed by atoms with Gasteiger partial charge in [0.05, 0.1) is 6.61 Å². The van der Waals surface area contributed by atoms with Crippen LogP contribution in [0.2, 0.25) is 0 Å². The molecule has 22 heavy (non-hydrogen) atoms. The van der Waals surface area contributed by atoms with Gasteiger partial charge < -0.3 is 10.1 Å². The van der Waals surface area contributed by atoms with E-state index in [4.69, 9.17) is 4.74 Å². The summed E-state index contributed by atoms with van der Waals surface area (Å²) >= 11 is 0. The van der Waals surface area contributed by atoms with E-state index in [-0.39, 0.29) is 23.8 Å². The van der Waals surface area contributed by atoms with Crippen LogP contribution < -0.4 is 5.32 Å². The molecule has 1 aromatic carbocycles. The van der Waals surface area contributed by atoms with Crippen LogP contribution in [0.25, 0.3) is 0 Å². The van der Waals surface area contributed by atoms with Gasteiger partial charge in [-0.2, -0.15) is 5.26 Å². The number of allylic oxidation sites excluding steroid dienone is 2. The van der Waals surface area contributed by atoms with Crippen LogP contribution in [0.5, 0.6) is 0 Å². The molecule has 0 aliphatic heterocycles. The normalized spacial score (nSPS) is 17.8. The highest BCUT2D eigenvalue weighted by molar-refractivity contribution is 6.01. The molecular formula is C17H18N2O3. The van der Waals surface area contributed by atoms with Crippen molar-refractivity contribution < 1.29 is 14.3 Å². The van der Waals surface area contributed by atoms with E-state index in [2.05, 4.69) is 5.32 Å². The molecule has 0 saturated heterocycles. The Morgan fingerprint density at radius 2 is 2.09 bits per heavy atom. The molecule has 2 rings (SSSR count). The number of ketones is 1. The van der Waals surface area contributed by atoms with Crippen molar-refractivity contribution in [3.05, 3.63) is 47.2 Å². The molecule has 0 aromatic heterocycles. The van der Waals surface area contributed by atoms with E-state index >= 15 is 0 Å². The Kier molecular flexibility index (Phi) is 5.31. The molecule has 114 valence electrons. The van der Waals surface area contributed by atoms with Gasteiger partial charge in [-0.15, -0.1) is 0 Å². The third kappa shape index (κ3) is 3.73. The number of ether oxygens (including phenoxy) is 1. The average Bonchev–Trinajstić information content (AvgIpc) is 2.53. The van der Waals surface area contributed by atoms with Gasteiger partial charge in [-0.05, 0) is 24.8 Å². The minimum absolute atomic E-state index is 0.0236. The highest BCUT2D eigenvalue weighted by Gasteiger charge is 2.28. The predicted octanol–water partition coefficient (Wildman–Crippen LogP) is 2.06. The lowest BCUT2D eigenvalue weighted by Gasteiger charge is -2.25. The summed E-state index contributed by atoms with van der Waals surface area (Å²) in [6.45, 7) is 1.99. The first-order chi connectivity index (χ1) is 10.7. The molecule has 0 heterocycles. The van der Waals surface area contributed by atoms with E-state index in [1.54, 1.807) is 6.92 Å². The molecule has 0 bridgehead atoms. The SMILES string of the molecule is CCOC(=O)CNC1=C(C#N)C(=O)CC(c2ccccc2)C1. The summed E-state index contributed by atoms with van der Waals surface area (Å²) < 4.78 is 4.85. The molecule has 0 spiro atoms. The summed E-state index contributed by atoms with van der Waals surface area (Å²) in [4.78, 5) is 23.6. The summed E-state index contributed by atoms with van der Waals surface area (Å²) in [6, 6.07) is 11.7. The molecule has 0 fully saturated rings. The van der Waals surface area contributed by atoms with Crippen molar-refractivity contribution in [2.24, 2.45) is 0 Å². The third-order valence-electron chi connectivity index (χ3n) is 3.60. The van der Waals surface area contributed by atoms with Crippen molar-refractivity contribution in [1.82, 2.24) is 5.32 Å². The number of nitriles is 1. The smallest absolute Gasteiger partial charge is 0.325 e. The monoisotopic (exact) mass is 298 g/mol. The molecule has 0 amide bonds. The molecule has 1 aromatic rings. The topological polar surface area (TPSA) is 79.2 Å². The maximum atomic E-state index is 12.2. The van der Waals surface area contributed by atoms with Crippen molar-refractivity contribution >= 4 is 11.8 Å². The molecule has 1 atom stereocenters. The molecule has 1 N–H and O–H groups in total. The Morgan fingerprint density at radius 1 is 1.36 bits per heavy atom. The lowest BCUT2D eigenvalue weighted by Crippen LogP contribution is -2.30. The highest BCUT2D eigenvalue weighted by atomic mass is 16.5. The fraction of sp³-hybridized carbons (Fsp3) is 0.353. The number of hydrogen-bond donors (Lipinski definition) is 1. The lowest BCUT2D eigenvalue weighted by atomic mass is 9.82. The van der Waals surface area contributed by atoms with E-state index in [1.165, 1.54) is 0 Å². The van der Waals surface area contributed by atoms with Gasteiger partial charge in [0, 0.05) is 12.1 Å². The second kappa shape index (κ2) is 7.41. The van der Waals surface area contributed by atoms with Crippen LogP contribution >= 0.6 is 0 Å². The first-order valence-electron chi connectivity index (χ1n) is 7.26. The van der Waals surface area contributed by atoms with Gasteiger partial charge in [-0.3, -0.25) is 9.59 Å². The van der Waals surface area contributed by atoms with Crippen molar-refractivity contribution in [3.63, 3.8) is 0 Å². The number of carbonyl (C=O) groups is 2. The van der Waals surface area contributed by atoms with Crippen LogP contribution in [0.3, 0.4) is 0 Å². The number of carbonyl (C=O) groups excluding carboxylic acids is 2. The van der Waals surface area contributed by atoms with Crippen LogP contribution in [0.15, 0.2) is 41.6 Å². The number of hydrogen-bond acceptors (Lipinski definition) is 5. The van der Waals surface area contributed by atoms with Gasteiger partial charge in [0.2, 0.25) is 0 Å². The second-order valence-electron chi connectivity index (χ2n) is 5.06. The molecule has 0 saturated carbocycles. The molecule has 5 heteroatoms. The predicted molar refractivity (Wildman–Crippen MR) is 80.7 cm³/mol. The Morgan fingerprint density at radius 3 is 2.73 bits per heavy atom. The maximum Gasteiger partial charge on any atom is 0.325 e. The van der Waals surface area contributed by atoms with E-state index in [0.717, 1.165) is 5.56 Å². The molecule has 0 radical (unpaired) electrons. The minimum Gasteiger partial charge on any atom is -0.465 e. The van der Waals surface area contributed by atoms with Crippen LogP contribution in [-0.2, 0) is 14.3 Å². The highest BCUT2D eigenvalue weighted by Crippen LogP contribution is 2.33. The van der Waals surface area contributed by atoms with Gasteiger partial charge in [0.25, 0.3) is 0 Å². The summed E-state index contributed by atoms with van der Waals surface area (Å²) in [5.74, 6) is -0.564. The minimum atomic E-state index is -0.401. The number of esters is 1. The quantitative estimate of drug-likeness (QED) is 0.842. The molecule has 1 unspecified atom stereocenters. The fourth-order valence-corrected chi connectivity index (χ4v) is 2.56. The number of rotatable bonds is 5. The number of benzene rings is 1. The van der Waals surface area contributed by atoms with Crippen molar-refractivity contribution in [2.75, 3.05) is 13.2 Å². The molecular weight excluding hydrogens is 280 g/mol. The zero-order valence-corrected chi connectivity index (χ0v) is 12.5. The summed E-state index contributed by atoms with van der Waals surface area (Å²) in [7, 11) is 0. The van der Waals surface area contributed by atoms with Gasteiger partial charge in [-0.25, -0.2) is 0 Å². The van der Waals surface area contributed by atoms with Gasteiger partial charge >= 0.3 is 5.97 Å². The standard InChI is InChI=1S/C17H18N2O3/c1-2-22-17(21)11-19-15-8-13(9-16(20)14(15)10-18)12-6-4-3-5-7-12/h3-7,13,19H,2,8-9,11H2,1H3. The van der Waals surface area contributed by atoms with Gasteiger partial charge in [0.1, 0.15) is 18.2 Å². The van der Waals surface area contributed by atoms with E-state index in [0.29, 0.717) is 25.1 Å². The van der Waals surface area contributed by atoms with Crippen LogP contribution in [0.4, 0.5) is 0 Å². The summed E-state index contributed by atoms with van der Waals surface area (Å²) in [6.07, 6.45) is 0.857. The van der Waals surface area contributed by atoms with Crippen molar-refractivity contribution in [1.29, 1.82) is 5.26 Å². The summed E-state index contributed by atoms with van der Waals surface area (Å²) in [5.41, 5.74) is 1.71. The van der Waals surface area contributed by atoms with E-state index < -0.39 is 5.97 Å². The first-order valence-corrected chi connectivity index (χ1v) is 7.26.